The quantitative estimate of drug-likeness (QED) is 0.403. The molecule has 3 aliphatic carbocycles. The van der Waals surface area contributed by atoms with Gasteiger partial charge in [0.15, 0.2) is 0 Å². The van der Waals surface area contributed by atoms with Crippen LogP contribution in [-0.4, -0.2) is 36.8 Å². The predicted molar refractivity (Wildman–Crippen MR) is 133 cm³/mol. The third-order valence-electron chi connectivity index (χ3n) is 8.56. The fourth-order valence-electron chi connectivity index (χ4n) is 7.60. The minimum absolute atomic E-state index is 0.577. The van der Waals surface area contributed by atoms with Gasteiger partial charge in [0.25, 0.3) is 0 Å². The molecule has 0 aromatic carbocycles. The summed E-state index contributed by atoms with van der Waals surface area (Å²) in [5, 5.41) is 12.6. The van der Waals surface area contributed by atoms with Crippen molar-refractivity contribution in [1.29, 1.82) is 5.41 Å². The number of hydrogen-bond donors (Lipinski definition) is 2. The minimum Gasteiger partial charge on any atom is -0.385 e. The van der Waals surface area contributed by atoms with E-state index in [-0.39, 0.29) is 0 Å². The summed E-state index contributed by atoms with van der Waals surface area (Å²) in [6, 6.07) is 0. The van der Waals surface area contributed by atoms with Gasteiger partial charge in [-0.15, -0.1) is 0 Å². The molecule has 2 unspecified atom stereocenters. The average Bonchev–Trinajstić information content (AvgIpc) is 2.73. The molecule has 0 spiro atoms. The van der Waals surface area contributed by atoms with Crippen LogP contribution in [0.4, 0.5) is 0 Å². The summed E-state index contributed by atoms with van der Waals surface area (Å²) in [6.45, 7) is 9.75. The molecule has 4 aliphatic rings. The first-order valence-electron chi connectivity index (χ1n) is 13.5. The van der Waals surface area contributed by atoms with Gasteiger partial charge in [-0.25, -0.2) is 0 Å². The molecular formula is C28H47N3. The summed E-state index contributed by atoms with van der Waals surface area (Å²) in [5.74, 6) is 2.79. The molecule has 3 heteroatoms. The molecule has 2 bridgehead atoms. The van der Waals surface area contributed by atoms with E-state index in [4.69, 9.17) is 5.41 Å². The SMILES string of the molecule is CC1CC2CC(C)CC(CCNC3=CCCC=C3C(=N)CCCN3CCCCC3)(C1)C2. The van der Waals surface area contributed by atoms with Crippen molar-refractivity contribution < 1.29 is 0 Å². The van der Waals surface area contributed by atoms with Crippen molar-refractivity contribution in [1.82, 2.24) is 10.2 Å². The molecule has 31 heavy (non-hydrogen) atoms. The van der Waals surface area contributed by atoms with Crippen LogP contribution in [0, 0.1) is 28.6 Å². The highest BCUT2D eigenvalue weighted by Gasteiger charge is 2.43. The zero-order valence-electron chi connectivity index (χ0n) is 20.4. The molecule has 0 aromatic rings. The molecule has 2 N–H and O–H groups in total. The van der Waals surface area contributed by atoms with E-state index in [2.05, 4.69) is 36.2 Å². The third-order valence-corrected chi connectivity index (χ3v) is 8.56. The number of nitrogens with zero attached hydrogens (tertiary/aromatic N) is 1. The molecule has 4 rings (SSSR count). The van der Waals surface area contributed by atoms with E-state index in [0.717, 1.165) is 55.7 Å². The van der Waals surface area contributed by atoms with Gasteiger partial charge in [0, 0.05) is 23.5 Å². The normalized spacial score (nSPS) is 34.1. The number of piperidine rings is 1. The van der Waals surface area contributed by atoms with E-state index >= 15 is 0 Å². The molecule has 2 saturated carbocycles. The van der Waals surface area contributed by atoms with Crippen molar-refractivity contribution >= 4 is 5.71 Å². The Balaban J connectivity index is 1.26. The molecule has 0 aromatic heterocycles. The summed E-state index contributed by atoms with van der Waals surface area (Å²) in [6.07, 6.45) is 21.6. The van der Waals surface area contributed by atoms with Crippen LogP contribution in [0.2, 0.25) is 0 Å². The topological polar surface area (TPSA) is 39.1 Å². The lowest BCUT2D eigenvalue weighted by molar-refractivity contribution is 0.0122. The van der Waals surface area contributed by atoms with Crippen molar-refractivity contribution in [2.45, 2.75) is 97.3 Å². The fourth-order valence-corrected chi connectivity index (χ4v) is 7.60. The third kappa shape index (κ3) is 6.24. The second-order valence-electron chi connectivity index (χ2n) is 11.6. The zero-order valence-corrected chi connectivity index (χ0v) is 20.4. The molecule has 2 atom stereocenters. The van der Waals surface area contributed by atoms with Crippen molar-refractivity contribution in [2.24, 2.45) is 23.2 Å². The van der Waals surface area contributed by atoms with Gasteiger partial charge in [-0.2, -0.15) is 0 Å². The highest BCUT2D eigenvalue weighted by atomic mass is 15.1. The van der Waals surface area contributed by atoms with Gasteiger partial charge in [0.2, 0.25) is 0 Å². The first-order chi connectivity index (χ1) is 15.0. The molecule has 3 fully saturated rings. The van der Waals surface area contributed by atoms with Gasteiger partial charge in [-0.05, 0) is 120 Å². The Bertz CT molecular complexity index is 650. The number of rotatable bonds is 9. The minimum atomic E-state index is 0.577. The molecule has 3 nitrogen and oxygen atoms in total. The van der Waals surface area contributed by atoms with E-state index in [9.17, 15) is 0 Å². The monoisotopic (exact) mass is 425 g/mol. The van der Waals surface area contributed by atoms with Gasteiger partial charge < -0.3 is 15.6 Å². The van der Waals surface area contributed by atoms with Gasteiger partial charge in [0.1, 0.15) is 0 Å². The maximum atomic E-state index is 8.76. The van der Waals surface area contributed by atoms with Crippen LogP contribution in [-0.2, 0) is 0 Å². The average molecular weight is 426 g/mol. The lowest BCUT2D eigenvalue weighted by atomic mass is 9.56. The first-order valence-corrected chi connectivity index (χ1v) is 13.5. The summed E-state index contributed by atoms with van der Waals surface area (Å²) in [5.41, 5.74) is 3.89. The lowest BCUT2D eigenvalue weighted by Crippen LogP contribution is -2.41. The Morgan fingerprint density at radius 1 is 1.03 bits per heavy atom. The summed E-state index contributed by atoms with van der Waals surface area (Å²) < 4.78 is 0. The van der Waals surface area contributed by atoms with E-state index < -0.39 is 0 Å². The number of nitrogens with one attached hydrogen (secondary N) is 2. The van der Waals surface area contributed by atoms with Gasteiger partial charge in [0.05, 0.1) is 0 Å². The van der Waals surface area contributed by atoms with Gasteiger partial charge >= 0.3 is 0 Å². The maximum Gasteiger partial charge on any atom is 0.0404 e. The van der Waals surface area contributed by atoms with Crippen molar-refractivity contribution in [3.63, 3.8) is 0 Å². The summed E-state index contributed by atoms with van der Waals surface area (Å²) in [4.78, 5) is 2.60. The highest BCUT2D eigenvalue weighted by Crippen LogP contribution is 2.54. The Morgan fingerprint density at radius 3 is 2.48 bits per heavy atom. The summed E-state index contributed by atoms with van der Waals surface area (Å²) in [7, 11) is 0. The van der Waals surface area contributed by atoms with Crippen molar-refractivity contribution in [3.05, 3.63) is 23.4 Å². The number of likely N-dealkylation sites (tertiary alicyclic amines) is 1. The first kappa shape index (κ1) is 23.1. The van der Waals surface area contributed by atoms with Gasteiger partial charge in [-0.3, -0.25) is 0 Å². The largest absolute Gasteiger partial charge is 0.385 e. The van der Waals surface area contributed by atoms with Gasteiger partial charge in [-0.1, -0.05) is 32.4 Å². The van der Waals surface area contributed by atoms with Crippen LogP contribution < -0.4 is 5.32 Å². The highest BCUT2D eigenvalue weighted by molar-refractivity contribution is 6.01. The standard InChI is InChI=1S/C28H47N3/c1-22-17-24-18-23(2)20-28(19-22,21-24)12-13-30-27-11-5-4-9-25(27)26(29)10-8-16-31-14-6-3-7-15-31/h9,11,22-24,29-30H,3-8,10,12-21H2,1-2H3. The smallest absolute Gasteiger partial charge is 0.0404 e. The number of allylic oxidation sites excluding steroid dienone is 3. The van der Waals surface area contributed by atoms with Crippen LogP contribution in [0.25, 0.3) is 0 Å². The maximum absolute atomic E-state index is 8.76. The van der Waals surface area contributed by atoms with Crippen molar-refractivity contribution in [3.8, 4) is 0 Å². The molecule has 1 aliphatic heterocycles. The zero-order chi connectivity index (χ0) is 21.7. The lowest BCUT2D eigenvalue weighted by Gasteiger charge is -2.50. The fraction of sp³-hybridized carbons (Fsp3) is 0.821. The van der Waals surface area contributed by atoms with E-state index in [1.807, 2.05) is 0 Å². The Morgan fingerprint density at radius 2 is 1.74 bits per heavy atom. The molecule has 1 saturated heterocycles. The number of hydrogen-bond acceptors (Lipinski definition) is 3. The van der Waals surface area contributed by atoms with Crippen LogP contribution in [0.5, 0.6) is 0 Å². The molecule has 174 valence electrons. The van der Waals surface area contributed by atoms with Crippen LogP contribution in [0.15, 0.2) is 23.4 Å². The molecule has 0 amide bonds. The number of fused-ring (bicyclic) bond motifs is 2. The second-order valence-corrected chi connectivity index (χ2v) is 11.6. The molecular weight excluding hydrogens is 378 g/mol. The van der Waals surface area contributed by atoms with E-state index in [0.29, 0.717) is 5.41 Å². The van der Waals surface area contributed by atoms with Crippen LogP contribution >= 0.6 is 0 Å². The second kappa shape index (κ2) is 10.7. The Labute approximate surface area is 191 Å². The van der Waals surface area contributed by atoms with Crippen LogP contribution in [0.1, 0.15) is 97.3 Å². The van der Waals surface area contributed by atoms with Crippen molar-refractivity contribution in [2.75, 3.05) is 26.2 Å². The van der Waals surface area contributed by atoms with E-state index in [1.54, 1.807) is 0 Å². The Kier molecular flexibility index (Phi) is 7.96. The van der Waals surface area contributed by atoms with E-state index in [1.165, 1.54) is 88.7 Å². The van der Waals surface area contributed by atoms with Crippen LogP contribution in [0.3, 0.4) is 0 Å². The summed E-state index contributed by atoms with van der Waals surface area (Å²) >= 11 is 0. The molecule has 0 radical (unpaired) electrons. The molecule has 1 heterocycles. The predicted octanol–water partition coefficient (Wildman–Crippen LogP) is 6.71. The Hall–Kier alpha value is -1.09.